The fourth-order valence-corrected chi connectivity index (χ4v) is 1.51. The third-order valence-corrected chi connectivity index (χ3v) is 2.44. The molecule has 2 aromatic heterocycles. The van der Waals surface area contributed by atoms with Gasteiger partial charge in [-0.25, -0.2) is 9.97 Å². The Morgan fingerprint density at radius 3 is 2.46 bits per heavy atom. The van der Waals surface area contributed by atoms with Crippen molar-refractivity contribution in [1.82, 2.24) is 14.5 Å². The minimum absolute atomic E-state index is 0.815. The number of hydrogen-bond donors (Lipinski definition) is 0. The van der Waals surface area contributed by atoms with Crippen LogP contribution in [0.25, 0.3) is 5.69 Å². The summed E-state index contributed by atoms with van der Waals surface area (Å²) in [6.07, 6.45) is 5.39. The topological polar surface area (TPSA) is 30.7 Å². The summed E-state index contributed by atoms with van der Waals surface area (Å²) in [5.41, 5.74) is 0.987. The fraction of sp³-hybridized carbons (Fsp3) is 0. The van der Waals surface area contributed by atoms with Gasteiger partial charge in [0, 0.05) is 6.20 Å². The van der Waals surface area contributed by atoms with Crippen LogP contribution in [-0.2, 0) is 0 Å². The largest absolute Gasteiger partial charge is 0.304 e. The predicted molar refractivity (Wildman–Crippen MR) is 56.8 cm³/mol. The van der Waals surface area contributed by atoms with Crippen molar-refractivity contribution in [2.45, 2.75) is 0 Å². The van der Waals surface area contributed by atoms with Gasteiger partial charge in [0.2, 0.25) is 0 Å². The average molecular weight is 303 g/mol. The standard InChI is InChI=1S/C8H5Br2N3/c9-7-2-1-6(3-11-7)13-4-8(10)12-5-13/h1-5H. The normalized spacial score (nSPS) is 10.3. The molecular formula is C8H5Br2N3. The van der Waals surface area contributed by atoms with Crippen molar-refractivity contribution in [3.8, 4) is 5.69 Å². The van der Waals surface area contributed by atoms with Crippen LogP contribution in [0.3, 0.4) is 0 Å². The van der Waals surface area contributed by atoms with Crippen LogP contribution in [0.4, 0.5) is 0 Å². The molecule has 2 rings (SSSR count). The summed E-state index contributed by atoms with van der Waals surface area (Å²) in [4.78, 5) is 8.17. The molecule has 0 aromatic carbocycles. The van der Waals surface area contributed by atoms with E-state index in [-0.39, 0.29) is 0 Å². The molecule has 2 aromatic rings. The summed E-state index contributed by atoms with van der Waals surface area (Å²) in [5.74, 6) is 0. The summed E-state index contributed by atoms with van der Waals surface area (Å²) < 4.78 is 3.54. The Labute approximate surface area is 92.1 Å². The Morgan fingerprint density at radius 1 is 1.08 bits per heavy atom. The predicted octanol–water partition coefficient (Wildman–Crippen LogP) is 2.79. The first-order valence-corrected chi connectivity index (χ1v) is 5.16. The Kier molecular flexibility index (Phi) is 2.46. The van der Waals surface area contributed by atoms with Crippen molar-refractivity contribution in [3.63, 3.8) is 0 Å². The van der Waals surface area contributed by atoms with Gasteiger partial charge in [-0.05, 0) is 44.0 Å². The van der Waals surface area contributed by atoms with E-state index in [1.807, 2.05) is 22.9 Å². The molecular weight excluding hydrogens is 298 g/mol. The van der Waals surface area contributed by atoms with Crippen LogP contribution >= 0.6 is 31.9 Å². The molecule has 0 saturated carbocycles. The van der Waals surface area contributed by atoms with Gasteiger partial charge < -0.3 is 4.57 Å². The minimum Gasteiger partial charge on any atom is -0.304 e. The summed E-state index contributed by atoms with van der Waals surface area (Å²) in [6, 6.07) is 3.86. The summed E-state index contributed by atoms with van der Waals surface area (Å²) >= 11 is 6.56. The smallest absolute Gasteiger partial charge is 0.124 e. The monoisotopic (exact) mass is 301 g/mol. The number of hydrogen-bond acceptors (Lipinski definition) is 2. The molecule has 0 aliphatic rings. The van der Waals surface area contributed by atoms with Gasteiger partial charge in [0.1, 0.15) is 15.5 Å². The molecule has 3 nitrogen and oxygen atoms in total. The highest BCUT2D eigenvalue weighted by atomic mass is 79.9. The van der Waals surface area contributed by atoms with Crippen molar-refractivity contribution in [2.24, 2.45) is 0 Å². The van der Waals surface area contributed by atoms with Gasteiger partial charge in [0.15, 0.2) is 0 Å². The van der Waals surface area contributed by atoms with Gasteiger partial charge in [0.25, 0.3) is 0 Å². The van der Waals surface area contributed by atoms with Gasteiger partial charge in [0.05, 0.1) is 11.9 Å². The van der Waals surface area contributed by atoms with Crippen molar-refractivity contribution >= 4 is 31.9 Å². The van der Waals surface area contributed by atoms with E-state index in [0.717, 1.165) is 14.9 Å². The van der Waals surface area contributed by atoms with E-state index < -0.39 is 0 Å². The Balaban J connectivity index is 2.41. The first kappa shape index (κ1) is 8.90. The molecule has 0 amide bonds. The maximum Gasteiger partial charge on any atom is 0.124 e. The molecule has 13 heavy (non-hydrogen) atoms. The Hall–Kier alpha value is -0.680. The molecule has 0 N–H and O–H groups in total. The van der Waals surface area contributed by atoms with E-state index in [1.54, 1.807) is 12.5 Å². The molecule has 0 bridgehead atoms. The zero-order chi connectivity index (χ0) is 9.26. The number of rotatable bonds is 1. The number of aromatic nitrogens is 3. The first-order chi connectivity index (χ1) is 6.25. The summed E-state index contributed by atoms with van der Waals surface area (Å²) in [7, 11) is 0. The van der Waals surface area contributed by atoms with Crippen molar-refractivity contribution in [3.05, 3.63) is 40.1 Å². The second-order valence-electron chi connectivity index (χ2n) is 2.44. The van der Waals surface area contributed by atoms with E-state index >= 15 is 0 Å². The Morgan fingerprint density at radius 2 is 1.92 bits per heavy atom. The highest BCUT2D eigenvalue weighted by Gasteiger charge is 1.97. The zero-order valence-electron chi connectivity index (χ0n) is 6.48. The molecule has 0 unspecified atom stereocenters. The second-order valence-corrected chi connectivity index (χ2v) is 4.07. The quantitative estimate of drug-likeness (QED) is 0.759. The van der Waals surface area contributed by atoms with Crippen LogP contribution < -0.4 is 0 Å². The molecule has 0 fully saturated rings. The van der Waals surface area contributed by atoms with Crippen LogP contribution in [0.2, 0.25) is 0 Å². The number of nitrogens with zero attached hydrogens (tertiary/aromatic N) is 3. The third-order valence-electron chi connectivity index (χ3n) is 1.56. The first-order valence-electron chi connectivity index (χ1n) is 3.57. The Bertz CT molecular complexity index is 408. The fourth-order valence-electron chi connectivity index (χ4n) is 0.961. The van der Waals surface area contributed by atoms with Crippen LogP contribution in [0.15, 0.2) is 40.1 Å². The van der Waals surface area contributed by atoms with E-state index in [1.165, 1.54) is 0 Å². The number of imidazole rings is 1. The molecule has 0 aliphatic carbocycles. The molecule has 0 aliphatic heterocycles. The second kappa shape index (κ2) is 3.59. The average Bonchev–Trinajstić information content (AvgIpc) is 2.53. The van der Waals surface area contributed by atoms with Crippen LogP contribution in [0.5, 0.6) is 0 Å². The lowest BCUT2D eigenvalue weighted by Gasteiger charge is -1.99. The van der Waals surface area contributed by atoms with Crippen molar-refractivity contribution in [2.75, 3.05) is 0 Å². The molecule has 66 valence electrons. The maximum absolute atomic E-state index is 4.12. The van der Waals surface area contributed by atoms with E-state index in [4.69, 9.17) is 0 Å². The van der Waals surface area contributed by atoms with Gasteiger partial charge in [-0.3, -0.25) is 0 Å². The van der Waals surface area contributed by atoms with Gasteiger partial charge in [-0.15, -0.1) is 0 Å². The maximum atomic E-state index is 4.12. The van der Waals surface area contributed by atoms with Crippen LogP contribution in [-0.4, -0.2) is 14.5 Å². The van der Waals surface area contributed by atoms with Crippen molar-refractivity contribution < 1.29 is 0 Å². The molecule has 5 heteroatoms. The van der Waals surface area contributed by atoms with Crippen molar-refractivity contribution in [1.29, 1.82) is 0 Å². The van der Waals surface area contributed by atoms with Gasteiger partial charge in [-0.2, -0.15) is 0 Å². The number of pyridine rings is 1. The van der Waals surface area contributed by atoms with Crippen LogP contribution in [0, 0.1) is 0 Å². The summed E-state index contributed by atoms with van der Waals surface area (Å²) in [6.45, 7) is 0. The summed E-state index contributed by atoms with van der Waals surface area (Å²) in [5, 5.41) is 0. The molecule has 0 radical (unpaired) electrons. The SMILES string of the molecule is Brc1ccc(-n2cnc(Br)c2)cn1. The molecule has 0 saturated heterocycles. The highest BCUT2D eigenvalue weighted by molar-refractivity contribution is 9.10. The minimum atomic E-state index is 0.815. The van der Waals surface area contributed by atoms with Crippen LogP contribution in [0.1, 0.15) is 0 Å². The lowest BCUT2D eigenvalue weighted by molar-refractivity contribution is 1.03. The lowest BCUT2D eigenvalue weighted by Crippen LogP contribution is -1.90. The third kappa shape index (κ3) is 1.97. The highest BCUT2D eigenvalue weighted by Crippen LogP contribution is 2.13. The van der Waals surface area contributed by atoms with Gasteiger partial charge >= 0.3 is 0 Å². The molecule has 0 spiro atoms. The number of halogens is 2. The zero-order valence-corrected chi connectivity index (χ0v) is 9.66. The molecule has 2 heterocycles. The van der Waals surface area contributed by atoms with Gasteiger partial charge in [-0.1, -0.05) is 0 Å². The van der Waals surface area contributed by atoms with E-state index in [9.17, 15) is 0 Å². The van der Waals surface area contributed by atoms with E-state index in [2.05, 4.69) is 41.8 Å². The lowest BCUT2D eigenvalue weighted by atomic mass is 10.4. The molecule has 0 atom stereocenters. The van der Waals surface area contributed by atoms with E-state index in [0.29, 0.717) is 0 Å².